The Labute approximate surface area is 190 Å². The summed E-state index contributed by atoms with van der Waals surface area (Å²) >= 11 is 0. The zero-order valence-corrected chi connectivity index (χ0v) is 18.3. The number of aliphatic hydroxyl groups excluding tert-OH is 1. The van der Waals surface area contributed by atoms with Crippen LogP contribution in [0.5, 0.6) is 0 Å². The summed E-state index contributed by atoms with van der Waals surface area (Å²) in [6, 6.07) is 4.54. The van der Waals surface area contributed by atoms with Crippen molar-refractivity contribution in [3.8, 4) is 0 Å². The first kappa shape index (κ1) is 24.2. The summed E-state index contributed by atoms with van der Waals surface area (Å²) in [6.07, 6.45) is 2.04. The molecular formula is C22H29N5O6. The molecular weight excluding hydrogens is 430 g/mol. The number of fused-ring (bicyclic) bond motifs is 1. The van der Waals surface area contributed by atoms with Gasteiger partial charge in [0.1, 0.15) is 12.1 Å². The van der Waals surface area contributed by atoms with Crippen LogP contribution < -0.4 is 21.3 Å². The van der Waals surface area contributed by atoms with Gasteiger partial charge in [-0.05, 0) is 37.9 Å². The lowest BCUT2D eigenvalue weighted by Crippen LogP contribution is -2.57. The average Bonchev–Trinajstić information content (AvgIpc) is 3.45. The molecule has 0 saturated carbocycles. The van der Waals surface area contributed by atoms with Gasteiger partial charge in [-0.1, -0.05) is 18.2 Å². The van der Waals surface area contributed by atoms with Gasteiger partial charge in [0.2, 0.25) is 17.7 Å². The van der Waals surface area contributed by atoms with E-state index < -0.39 is 54.5 Å². The van der Waals surface area contributed by atoms with E-state index in [1.54, 1.807) is 6.20 Å². The molecule has 1 aliphatic heterocycles. The Bertz CT molecular complexity index is 1010. The standard InChI is InChI=1S/C22H29N5O6/c1-12(28)19(27-20(30)16-7-4-8-23-16)21(31)25-11-18(29)26-17(22(32)33)9-13-10-24-15-6-3-2-5-14(13)15/h2-3,5-6,10,12,16-17,19,23-24,28H,4,7-9,11H2,1H3,(H,25,31)(H,26,29)(H,27,30)(H,32,33). The van der Waals surface area contributed by atoms with Crippen molar-refractivity contribution in [3.05, 3.63) is 36.0 Å². The van der Waals surface area contributed by atoms with Gasteiger partial charge < -0.3 is 36.5 Å². The van der Waals surface area contributed by atoms with Crippen molar-refractivity contribution in [2.24, 2.45) is 0 Å². The van der Waals surface area contributed by atoms with E-state index in [1.807, 2.05) is 24.3 Å². The molecule has 33 heavy (non-hydrogen) atoms. The maximum absolute atomic E-state index is 12.5. The molecule has 11 heteroatoms. The highest BCUT2D eigenvalue weighted by Crippen LogP contribution is 2.19. The highest BCUT2D eigenvalue weighted by atomic mass is 16.4. The molecule has 1 fully saturated rings. The van der Waals surface area contributed by atoms with Crippen LogP contribution >= 0.6 is 0 Å². The fraction of sp³-hybridized carbons (Fsp3) is 0.455. The van der Waals surface area contributed by atoms with Gasteiger partial charge in [-0.15, -0.1) is 0 Å². The van der Waals surface area contributed by atoms with Gasteiger partial charge in [0.25, 0.3) is 0 Å². The minimum absolute atomic E-state index is 0.0553. The van der Waals surface area contributed by atoms with Gasteiger partial charge in [-0.2, -0.15) is 0 Å². The molecule has 3 amide bonds. The maximum atomic E-state index is 12.5. The zero-order valence-electron chi connectivity index (χ0n) is 18.3. The molecule has 3 rings (SSSR count). The lowest BCUT2D eigenvalue weighted by Gasteiger charge is -2.23. The summed E-state index contributed by atoms with van der Waals surface area (Å²) in [5.41, 5.74) is 1.59. The van der Waals surface area contributed by atoms with Crippen LogP contribution in [0.2, 0.25) is 0 Å². The van der Waals surface area contributed by atoms with E-state index in [0.29, 0.717) is 13.0 Å². The van der Waals surface area contributed by atoms with Gasteiger partial charge in [-0.25, -0.2) is 4.79 Å². The van der Waals surface area contributed by atoms with Crippen LogP contribution in [0.25, 0.3) is 10.9 Å². The molecule has 0 aliphatic carbocycles. The summed E-state index contributed by atoms with van der Waals surface area (Å²) in [7, 11) is 0. The molecule has 4 unspecified atom stereocenters. The summed E-state index contributed by atoms with van der Waals surface area (Å²) in [5.74, 6) is -3.06. The summed E-state index contributed by atoms with van der Waals surface area (Å²) < 4.78 is 0. The van der Waals surface area contributed by atoms with Crippen molar-refractivity contribution in [2.75, 3.05) is 13.1 Å². The summed E-state index contributed by atoms with van der Waals surface area (Å²) in [6.45, 7) is 1.55. The Balaban J connectivity index is 1.54. The number of carbonyl (C=O) groups excluding carboxylic acids is 3. The first-order valence-electron chi connectivity index (χ1n) is 10.8. The quantitative estimate of drug-likeness (QED) is 0.239. The molecule has 0 radical (unpaired) electrons. The molecule has 0 spiro atoms. The van der Waals surface area contributed by atoms with E-state index in [0.717, 1.165) is 22.9 Å². The van der Waals surface area contributed by atoms with Gasteiger partial charge >= 0.3 is 5.97 Å². The molecule has 2 heterocycles. The summed E-state index contributed by atoms with van der Waals surface area (Å²) in [4.78, 5) is 51.8. The Morgan fingerprint density at radius 2 is 1.94 bits per heavy atom. The molecule has 1 aromatic heterocycles. The number of amides is 3. The number of nitrogens with one attached hydrogen (secondary N) is 5. The van der Waals surface area contributed by atoms with E-state index in [-0.39, 0.29) is 6.42 Å². The Kier molecular flexibility index (Phi) is 8.01. The third-order valence-corrected chi connectivity index (χ3v) is 5.59. The van der Waals surface area contributed by atoms with Crippen molar-refractivity contribution in [1.29, 1.82) is 0 Å². The molecule has 1 aliphatic rings. The maximum Gasteiger partial charge on any atom is 0.326 e. The minimum atomic E-state index is -1.24. The topological polar surface area (TPSA) is 173 Å². The van der Waals surface area contributed by atoms with E-state index in [4.69, 9.17) is 0 Å². The summed E-state index contributed by atoms with van der Waals surface area (Å²) in [5, 5.41) is 30.6. The third kappa shape index (κ3) is 6.30. The van der Waals surface area contributed by atoms with Crippen LogP contribution in [0.3, 0.4) is 0 Å². The average molecular weight is 460 g/mol. The van der Waals surface area contributed by atoms with Crippen molar-refractivity contribution in [1.82, 2.24) is 26.3 Å². The molecule has 1 saturated heterocycles. The normalized spacial score (nSPS) is 18.3. The molecule has 2 aromatic rings. The van der Waals surface area contributed by atoms with Gasteiger partial charge in [0.05, 0.1) is 18.7 Å². The smallest absolute Gasteiger partial charge is 0.326 e. The first-order chi connectivity index (χ1) is 15.8. The Hall–Kier alpha value is -3.44. The number of carbonyl (C=O) groups is 4. The number of carboxylic acid groups (broad SMARTS) is 1. The molecule has 178 valence electrons. The van der Waals surface area contributed by atoms with Crippen molar-refractivity contribution < 1.29 is 29.4 Å². The van der Waals surface area contributed by atoms with Crippen LogP contribution in [-0.2, 0) is 25.6 Å². The number of hydrogen-bond acceptors (Lipinski definition) is 6. The Morgan fingerprint density at radius 1 is 1.18 bits per heavy atom. The molecule has 7 N–H and O–H groups in total. The number of aromatic amines is 1. The van der Waals surface area contributed by atoms with Crippen molar-refractivity contribution >= 4 is 34.6 Å². The number of aliphatic carboxylic acids is 1. The first-order valence-corrected chi connectivity index (χ1v) is 10.8. The largest absolute Gasteiger partial charge is 0.480 e. The molecule has 4 atom stereocenters. The Morgan fingerprint density at radius 3 is 2.61 bits per heavy atom. The number of hydrogen-bond donors (Lipinski definition) is 7. The second-order valence-corrected chi connectivity index (χ2v) is 8.12. The van der Waals surface area contributed by atoms with Crippen LogP contribution in [-0.4, -0.2) is 76.2 Å². The lowest BCUT2D eigenvalue weighted by atomic mass is 10.0. The number of aliphatic hydroxyl groups is 1. The predicted molar refractivity (Wildman–Crippen MR) is 119 cm³/mol. The SMILES string of the molecule is CC(O)C(NC(=O)C1CCCN1)C(=O)NCC(=O)NC(Cc1c[nH]c2ccccc12)C(=O)O. The molecule has 11 nitrogen and oxygen atoms in total. The van der Waals surface area contributed by atoms with Crippen molar-refractivity contribution in [2.45, 2.75) is 50.4 Å². The highest BCUT2D eigenvalue weighted by molar-refractivity contribution is 5.93. The number of para-hydroxylation sites is 1. The minimum Gasteiger partial charge on any atom is -0.480 e. The molecule has 0 bridgehead atoms. The number of aromatic nitrogens is 1. The zero-order chi connectivity index (χ0) is 24.0. The van der Waals surface area contributed by atoms with Crippen molar-refractivity contribution in [3.63, 3.8) is 0 Å². The second kappa shape index (κ2) is 10.9. The highest BCUT2D eigenvalue weighted by Gasteiger charge is 2.30. The van der Waals surface area contributed by atoms with E-state index in [2.05, 4.69) is 26.3 Å². The second-order valence-electron chi connectivity index (χ2n) is 8.12. The van der Waals surface area contributed by atoms with Gasteiger partial charge in [0.15, 0.2) is 0 Å². The van der Waals surface area contributed by atoms with E-state index >= 15 is 0 Å². The van der Waals surface area contributed by atoms with Crippen LogP contribution in [0.15, 0.2) is 30.5 Å². The fourth-order valence-electron chi connectivity index (χ4n) is 3.81. The van der Waals surface area contributed by atoms with E-state index in [1.165, 1.54) is 6.92 Å². The van der Waals surface area contributed by atoms with Gasteiger partial charge in [-0.3, -0.25) is 14.4 Å². The van der Waals surface area contributed by atoms with Crippen LogP contribution in [0.4, 0.5) is 0 Å². The lowest BCUT2D eigenvalue weighted by molar-refractivity contribution is -0.141. The van der Waals surface area contributed by atoms with Gasteiger partial charge in [0, 0.05) is 23.5 Å². The fourth-order valence-corrected chi connectivity index (χ4v) is 3.81. The predicted octanol–water partition coefficient (Wildman–Crippen LogP) is -0.986. The van der Waals surface area contributed by atoms with Crippen LogP contribution in [0.1, 0.15) is 25.3 Å². The number of benzene rings is 1. The monoisotopic (exact) mass is 459 g/mol. The number of carboxylic acids is 1. The van der Waals surface area contributed by atoms with E-state index in [9.17, 15) is 29.4 Å². The van der Waals surface area contributed by atoms with Crippen LogP contribution in [0, 0.1) is 0 Å². The number of H-pyrrole nitrogens is 1. The third-order valence-electron chi connectivity index (χ3n) is 5.59. The molecule has 1 aromatic carbocycles. The number of rotatable bonds is 10.